The largest absolute Gasteiger partial charge is 0.478 e. The van der Waals surface area contributed by atoms with Crippen molar-refractivity contribution >= 4 is 40.7 Å². The van der Waals surface area contributed by atoms with Crippen molar-refractivity contribution in [2.24, 2.45) is 0 Å². The fourth-order valence-corrected chi connectivity index (χ4v) is 1.86. The van der Waals surface area contributed by atoms with Gasteiger partial charge in [-0.3, -0.25) is 4.79 Å². The van der Waals surface area contributed by atoms with Crippen LogP contribution in [0.15, 0.2) is 23.6 Å². The van der Waals surface area contributed by atoms with Crippen LogP contribution in [-0.4, -0.2) is 26.6 Å². The van der Waals surface area contributed by atoms with Crippen LogP contribution in [0.5, 0.6) is 0 Å². The van der Waals surface area contributed by atoms with Gasteiger partial charge in [0, 0.05) is 10.4 Å². The zero-order valence-electron chi connectivity index (χ0n) is 8.75. The lowest BCUT2D eigenvalue weighted by molar-refractivity contribution is 0.0698. The highest BCUT2D eigenvalue weighted by Crippen LogP contribution is 2.21. The molecule has 0 saturated carbocycles. The van der Waals surface area contributed by atoms with Crippen molar-refractivity contribution < 1.29 is 14.7 Å². The molecule has 92 valence electrons. The molecule has 6 nitrogen and oxygen atoms in total. The zero-order valence-corrected chi connectivity index (χ0v) is 10.3. The number of carboxylic acid groups (broad SMARTS) is 1. The van der Waals surface area contributed by atoms with Gasteiger partial charge in [-0.15, -0.1) is 5.10 Å². The van der Waals surface area contributed by atoms with Crippen LogP contribution in [0.25, 0.3) is 0 Å². The zero-order chi connectivity index (χ0) is 13.1. The summed E-state index contributed by atoms with van der Waals surface area (Å²) in [6.07, 6.45) is 0. The van der Waals surface area contributed by atoms with Crippen molar-refractivity contribution in [2.45, 2.75) is 0 Å². The molecule has 0 spiro atoms. The average molecular weight is 284 g/mol. The lowest BCUT2D eigenvalue weighted by atomic mass is 10.2. The van der Waals surface area contributed by atoms with Gasteiger partial charge in [-0.2, -0.15) is 0 Å². The predicted molar refractivity (Wildman–Crippen MR) is 66.3 cm³/mol. The number of benzene rings is 1. The van der Waals surface area contributed by atoms with Crippen molar-refractivity contribution in [3.63, 3.8) is 0 Å². The smallest absolute Gasteiger partial charge is 0.337 e. The maximum atomic E-state index is 11.7. The van der Waals surface area contributed by atoms with E-state index in [-0.39, 0.29) is 16.9 Å². The number of anilines is 1. The van der Waals surface area contributed by atoms with E-state index >= 15 is 0 Å². The molecule has 0 bridgehead atoms. The normalized spacial score (nSPS) is 10.1. The molecule has 18 heavy (non-hydrogen) atoms. The molecule has 0 unspecified atom stereocenters. The Morgan fingerprint density at radius 3 is 2.78 bits per heavy atom. The topological polar surface area (TPSA) is 92.2 Å². The molecule has 0 radical (unpaired) electrons. The molecular formula is C10H6ClN3O3S. The number of carbonyl (C=O) groups is 2. The van der Waals surface area contributed by atoms with Gasteiger partial charge in [0.1, 0.15) is 0 Å². The van der Waals surface area contributed by atoms with E-state index in [0.29, 0.717) is 5.02 Å². The van der Waals surface area contributed by atoms with E-state index in [2.05, 4.69) is 14.9 Å². The van der Waals surface area contributed by atoms with E-state index in [0.717, 1.165) is 11.5 Å². The first-order chi connectivity index (χ1) is 8.58. The Bertz CT molecular complexity index is 600. The number of rotatable bonds is 3. The summed E-state index contributed by atoms with van der Waals surface area (Å²) in [5.74, 6) is -1.69. The Morgan fingerprint density at radius 1 is 1.39 bits per heavy atom. The standard InChI is InChI=1S/C10H6ClN3O3S/c11-5-1-2-6(10(16)17)7(3-5)12-9(15)8-4-18-14-13-8/h1-4H,(H,12,15)(H,16,17). The number of hydrogen-bond acceptors (Lipinski definition) is 5. The number of aromatic nitrogens is 2. The van der Waals surface area contributed by atoms with Crippen LogP contribution in [0.4, 0.5) is 5.69 Å². The van der Waals surface area contributed by atoms with E-state index in [9.17, 15) is 9.59 Å². The number of nitrogens with zero attached hydrogens (tertiary/aromatic N) is 2. The molecule has 0 saturated heterocycles. The highest BCUT2D eigenvalue weighted by Gasteiger charge is 2.15. The quantitative estimate of drug-likeness (QED) is 0.900. The summed E-state index contributed by atoms with van der Waals surface area (Å²) in [4.78, 5) is 22.7. The van der Waals surface area contributed by atoms with Crippen molar-refractivity contribution in [1.82, 2.24) is 9.59 Å². The summed E-state index contributed by atoms with van der Waals surface area (Å²) >= 11 is 6.79. The highest BCUT2D eigenvalue weighted by atomic mass is 35.5. The van der Waals surface area contributed by atoms with Crippen molar-refractivity contribution in [3.8, 4) is 0 Å². The number of nitrogens with one attached hydrogen (secondary N) is 1. The number of halogens is 1. The molecule has 1 amide bonds. The van der Waals surface area contributed by atoms with Gasteiger partial charge in [-0.05, 0) is 29.7 Å². The summed E-state index contributed by atoms with van der Waals surface area (Å²) < 4.78 is 3.55. The van der Waals surface area contributed by atoms with Gasteiger partial charge in [0.25, 0.3) is 5.91 Å². The first-order valence-corrected chi connectivity index (χ1v) is 5.90. The molecule has 1 aromatic carbocycles. The summed E-state index contributed by atoms with van der Waals surface area (Å²) in [7, 11) is 0. The van der Waals surface area contributed by atoms with E-state index in [1.807, 2.05) is 0 Å². The molecule has 2 rings (SSSR count). The molecule has 0 fully saturated rings. The van der Waals surface area contributed by atoms with Crippen LogP contribution in [0.3, 0.4) is 0 Å². The van der Waals surface area contributed by atoms with Crippen LogP contribution in [0.1, 0.15) is 20.8 Å². The van der Waals surface area contributed by atoms with Gasteiger partial charge >= 0.3 is 5.97 Å². The molecule has 0 aliphatic heterocycles. The second-order valence-corrected chi connectivity index (χ2v) is 4.29. The number of aromatic carboxylic acids is 1. The molecule has 2 N–H and O–H groups in total. The van der Waals surface area contributed by atoms with Gasteiger partial charge in [0.15, 0.2) is 5.69 Å². The first kappa shape index (κ1) is 12.5. The summed E-state index contributed by atoms with van der Waals surface area (Å²) in [6.45, 7) is 0. The van der Waals surface area contributed by atoms with Crippen molar-refractivity contribution in [2.75, 3.05) is 5.32 Å². The number of carboxylic acids is 1. The Hall–Kier alpha value is -1.99. The molecule has 1 heterocycles. The second-order valence-electron chi connectivity index (χ2n) is 3.24. The Balaban J connectivity index is 2.31. The molecule has 8 heteroatoms. The minimum Gasteiger partial charge on any atom is -0.478 e. The van der Waals surface area contributed by atoms with Crippen LogP contribution >= 0.6 is 23.1 Å². The maximum Gasteiger partial charge on any atom is 0.337 e. The summed E-state index contributed by atoms with van der Waals surface area (Å²) in [6, 6.07) is 4.12. The molecule has 2 aromatic rings. The molecule has 1 aromatic heterocycles. The third kappa shape index (κ3) is 2.63. The lowest BCUT2D eigenvalue weighted by Gasteiger charge is -2.07. The minimum absolute atomic E-state index is 0.0454. The Morgan fingerprint density at radius 2 is 2.17 bits per heavy atom. The predicted octanol–water partition coefficient (Wildman–Crippen LogP) is 2.14. The SMILES string of the molecule is O=C(Nc1cc(Cl)ccc1C(=O)O)c1csnn1. The molecule has 0 aliphatic carbocycles. The van der Waals surface area contributed by atoms with E-state index in [4.69, 9.17) is 16.7 Å². The number of amides is 1. The second kappa shape index (κ2) is 5.11. The number of hydrogen-bond donors (Lipinski definition) is 2. The Kier molecular flexibility index (Phi) is 3.54. The average Bonchev–Trinajstić information content (AvgIpc) is 2.81. The summed E-state index contributed by atoms with van der Waals surface area (Å²) in [5, 5.41) is 16.8. The third-order valence-corrected chi connectivity index (χ3v) is 2.79. The highest BCUT2D eigenvalue weighted by molar-refractivity contribution is 7.03. The van der Waals surface area contributed by atoms with Gasteiger partial charge in [0.05, 0.1) is 11.3 Å². The van der Waals surface area contributed by atoms with Crippen LogP contribution in [-0.2, 0) is 0 Å². The van der Waals surface area contributed by atoms with Gasteiger partial charge in [-0.25, -0.2) is 4.79 Å². The number of carbonyl (C=O) groups excluding carboxylic acids is 1. The minimum atomic E-state index is -1.15. The van der Waals surface area contributed by atoms with E-state index in [1.54, 1.807) is 0 Å². The molecule has 0 aliphatic rings. The van der Waals surface area contributed by atoms with Crippen molar-refractivity contribution in [3.05, 3.63) is 39.9 Å². The lowest BCUT2D eigenvalue weighted by Crippen LogP contribution is -2.15. The maximum absolute atomic E-state index is 11.7. The van der Waals surface area contributed by atoms with Gasteiger partial charge in [0.2, 0.25) is 0 Å². The molecule has 0 atom stereocenters. The molecular weight excluding hydrogens is 278 g/mol. The Labute approximate surface area is 110 Å². The monoisotopic (exact) mass is 283 g/mol. The fourth-order valence-electron chi connectivity index (χ4n) is 1.26. The van der Waals surface area contributed by atoms with Crippen LogP contribution < -0.4 is 5.32 Å². The fraction of sp³-hybridized carbons (Fsp3) is 0. The first-order valence-electron chi connectivity index (χ1n) is 4.69. The van der Waals surface area contributed by atoms with Crippen LogP contribution in [0.2, 0.25) is 5.02 Å². The van der Waals surface area contributed by atoms with Gasteiger partial charge < -0.3 is 10.4 Å². The third-order valence-electron chi connectivity index (χ3n) is 2.05. The summed E-state index contributed by atoms with van der Waals surface area (Å²) in [5.41, 5.74) is 0.195. The van der Waals surface area contributed by atoms with E-state index < -0.39 is 11.9 Å². The van der Waals surface area contributed by atoms with Gasteiger partial charge in [-0.1, -0.05) is 16.1 Å². The van der Waals surface area contributed by atoms with Crippen molar-refractivity contribution in [1.29, 1.82) is 0 Å². The van der Waals surface area contributed by atoms with E-state index in [1.165, 1.54) is 23.6 Å². The van der Waals surface area contributed by atoms with Crippen LogP contribution in [0, 0.1) is 0 Å².